The van der Waals surface area contributed by atoms with Gasteiger partial charge in [0.15, 0.2) is 17.5 Å². The average molecular weight is 649 g/mol. The molecule has 5 aromatic carbocycles. The standard InChI is InChI=1S/C44H32N4S/c45-24-25-13-15-36-34(22-25)35-23-29(14-16-37(35)44(36)30-18-26-17-27(20-30)21-31(44)19-26)42-46-41(28-7-2-1-3-8-28)47-43(48-42)33-10-6-12-39-40(33)32-9-4-5-11-38(32)49-39/h1-16,22-23,26-27,30-31H,17-21H2. The molecule has 0 N–H and O–H groups in total. The van der Waals surface area contributed by atoms with E-state index in [-0.39, 0.29) is 5.41 Å². The van der Waals surface area contributed by atoms with Gasteiger partial charge < -0.3 is 0 Å². The number of aromatic nitrogens is 3. The first kappa shape index (κ1) is 27.7. The van der Waals surface area contributed by atoms with Crippen molar-refractivity contribution in [2.45, 2.75) is 37.5 Å². The van der Waals surface area contributed by atoms with Gasteiger partial charge in [0.2, 0.25) is 0 Å². The maximum Gasteiger partial charge on any atom is 0.164 e. The van der Waals surface area contributed by atoms with E-state index in [9.17, 15) is 5.26 Å². The molecule has 7 aromatic rings. The molecule has 12 rings (SSSR count). The van der Waals surface area contributed by atoms with Crippen LogP contribution >= 0.6 is 11.3 Å². The molecule has 1 spiro atoms. The lowest BCUT2D eigenvalue weighted by molar-refractivity contribution is -0.0399. The van der Waals surface area contributed by atoms with Gasteiger partial charge in [0, 0.05) is 42.3 Å². The van der Waals surface area contributed by atoms with Crippen molar-refractivity contribution in [3.05, 3.63) is 126 Å². The molecule has 0 unspecified atom stereocenters. The van der Waals surface area contributed by atoms with Crippen LogP contribution in [0.3, 0.4) is 0 Å². The molecule has 5 aliphatic rings. The fourth-order valence-electron chi connectivity index (χ4n) is 10.7. The molecular formula is C44H32N4S. The van der Waals surface area contributed by atoms with E-state index in [1.54, 1.807) is 0 Å². The van der Waals surface area contributed by atoms with Crippen LogP contribution in [0.2, 0.25) is 0 Å². The molecule has 5 aliphatic carbocycles. The van der Waals surface area contributed by atoms with Crippen molar-refractivity contribution in [1.29, 1.82) is 5.26 Å². The maximum absolute atomic E-state index is 9.98. The highest BCUT2D eigenvalue weighted by Crippen LogP contribution is 2.69. The Morgan fingerprint density at radius 1 is 0.571 bits per heavy atom. The average Bonchev–Trinajstić information content (AvgIpc) is 3.67. The van der Waals surface area contributed by atoms with Gasteiger partial charge in [-0.05, 0) is 108 Å². The molecule has 4 nitrogen and oxygen atoms in total. The Balaban J connectivity index is 1.14. The highest BCUT2D eigenvalue weighted by atomic mass is 32.1. The molecule has 0 radical (unpaired) electrons. The molecule has 0 amide bonds. The highest BCUT2D eigenvalue weighted by molar-refractivity contribution is 7.25. The van der Waals surface area contributed by atoms with E-state index in [0.29, 0.717) is 29.3 Å². The van der Waals surface area contributed by atoms with Crippen molar-refractivity contribution in [3.63, 3.8) is 0 Å². The molecule has 2 heterocycles. The summed E-state index contributed by atoms with van der Waals surface area (Å²) in [5, 5.41) is 12.4. The summed E-state index contributed by atoms with van der Waals surface area (Å²) >= 11 is 1.81. The Morgan fingerprint density at radius 3 is 2.00 bits per heavy atom. The predicted molar refractivity (Wildman–Crippen MR) is 197 cm³/mol. The van der Waals surface area contributed by atoms with E-state index >= 15 is 0 Å². The molecule has 4 bridgehead atoms. The summed E-state index contributed by atoms with van der Waals surface area (Å²) < 4.78 is 2.49. The number of nitrogens with zero attached hydrogens (tertiary/aromatic N) is 4. The zero-order valence-corrected chi connectivity index (χ0v) is 27.8. The van der Waals surface area contributed by atoms with Crippen LogP contribution in [0.15, 0.2) is 109 Å². The fraction of sp³-hybridized carbons (Fsp3) is 0.227. The van der Waals surface area contributed by atoms with Crippen LogP contribution in [-0.4, -0.2) is 15.0 Å². The number of fused-ring (bicyclic) bond motifs is 6. The van der Waals surface area contributed by atoms with E-state index in [1.807, 2.05) is 29.5 Å². The Kier molecular flexibility index (Phi) is 5.76. The molecule has 0 aliphatic heterocycles. The minimum atomic E-state index is 0.0414. The summed E-state index contributed by atoms with van der Waals surface area (Å²) in [5.41, 5.74) is 9.13. The van der Waals surface area contributed by atoms with Crippen LogP contribution < -0.4 is 0 Å². The van der Waals surface area contributed by atoms with Crippen molar-refractivity contribution >= 4 is 31.5 Å². The second-order valence-corrected chi connectivity index (χ2v) is 15.8. The lowest BCUT2D eigenvalue weighted by Crippen LogP contribution is -2.55. The summed E-state index contributed by atoms with van der Waals surface area (Å²) in [6, 6.07) is 41.2. The summed E-state index contributed by atoms with van der Waals surface area (Å²) in [4.78, 5) is 15.5. The maximum atomic E-state index is 9.98. The Labute approximate surface area is 289 Å². The second kappa shape index (κ2) is 10.2. The summed E-state index contributed by atoms with van der Waals surface area (Å²) in [7, 11) is 0. The van der Waals surface area contributed by atoms with Gasteiger partial charge in [0.1, 0.15) is 0 Å². The van der Waals surface area contributed by atoms with E-state index in [0.717, 1.165) is 34.1 Å². The van der Waals surface area contributed by atoms with Crippen molar-refractivity contribution < 1.29 is 0 Å². The summed E-state index contributed by atoms with van der Waals surface area (Å²) in [5.74, 6) is 5.11. The molecule has 5 heteroatoms. The van der Waals surface area contributed by atoms with Gasteiger partial charge in [-0.1, -0.05) is 78.9 Å². The first-order chi connectivity index (χ1) is 24.2. The Morgan fingerprint density at radius 2 is 1.22 bits per heavy atom. The van der Waals surface area contributed by atoms with Crippen LogP contribution in [0.5, 0.6) is 0 Å². The lowest BCUT2D eigenvalue weighted by atomic mass is 9.43. The van der Waals surface area contributed by atoms with E-state index in [2.05, 4.69) is 97.1 Å². The molecule has 0 saturated heterocycles. The van der Waals surface area contributed by atoms with E-state index in [4.69, 9.17) is 15.0 Å². The van der Waals surface area contributed by atoms with Crippen LogP contribution in [0.1, 0.15) is 48.8 Å². The van der Waals surface area contributed by atoms with Gasteiger partial charge in [-0.2, -0.15) is 5.26 Å². The van der Waals surface area contributed by atoms with Gasteiger partial charge in [0.25, 0.3) is 0 Å². The van der Waals surface area contributed by atoms with Gasteiger partial charge in [-0.15, -0.1) is 11.3 Å². The number of thiophene rings is 1. The first-order valence-electron chi connectivity index (χ1n) is 17.6. The fourth-order valence-corrected chi connectivity index (χ4v) is 11.9. The van der Waals surface area contributed by atoms with Crippen LogP contribution in [0, 0.1) is 35.0 Å². The number of hydrogen-bond acceptors (Lipinski definition) is 5. The second-order valence-electron chi connectivity index (χ2n) is 14.8. The third kappa shape index (κ3) is 3.87. The number of rotatable bonds is 3. The number of nitriles is 1. The normalized spacial score (nSPS) is 24.4. The molecular weight excluding hydrogens is 617 g/mol. The largest absolute Gasteiger partial charge is 0.208 e. The van der Waals surface area contributed by atoms with E-state index < -0.39 is 0 Å². The Bertz CT molecular complexity index is 2510. The molecule has 49 heavy (non-hydrogen) atoms. The number of hydrogen-bond donors (Lipinski definition) is 0. The SMILES string of the molecule is N#Cc1ccc2c(c1)-c1cc(-c3nc(-c4ccccc4)nc(-c4cccc5sc6ccccc6c45)n3)ccc1C21C2CC3CC(C2)CC1C3. The molecule has 0 atom stereocenters. The summed E-state index contributed by atoms with van der Waals surface area (Å²) in [6.45, 7) is 0. The van der Waals surface area contributed by atoms with Crippen LogP contribution in [0.25, 0.3) is 65.5 Å². The summed E-state index contributed by atoms with van der Waals surface area (Å²) in [6.07, 6.45) is 6.73. The minimum absolute atomic E-state index is 0.0414. The van der Waals surface area contributed by atoms with E-state index in [1.165, 1.54) is 74.5 Å². The molecule has 2 aromatic heterocycles. The molecule has 4 fully saturated rings. The molecule has 234 valence electrons. The lowest BCUT2D eigenvalue weighted by Gasteiger charge is -2.61. The predicted octanol–water partition coefficient (Wildman–Crippen LogP) is 10.8. The number of benzene rings is 5. The van der Waals surface area contributed by atoms with Crippen molar-refractivity contribution in [3.8, 4) is 51.4 Å². The first-order valence-corrected chi connectivity index (χ1v) is 18.4. The van der Waals surface area contributed by atoms with Gasteiger partial charge in [-0.25, -0.2) is 15.0 Å². The molecule has 4 saturated carbocycles. The zero-order valence-electron chi connectivity index (χ0n) is 26.9. The third-order valence-corrected chi connectivity index (χ3v) is 13.5. The van der Waals surface area contributed by atoms with Crippen molar-refractivity contribution in [2.24, 2.45) is 23.7 Å². The van der Waals surface area contributed by atoms with Crippen molar-refractivity contribution in [1.82, 2.24) is 15.0 Å². The van der Waals surface area contributed by atoms with Gasteiger partial charge in [-0.3, -0.25) is 0 Å². The Hall–Kier alpha value is -5.18. The van der Waals surface area contributed by atoms with Gasteiger partial charge >= 0.3 is 0 Å². The third-order valence-electron chi connectivity index (χ3n) is 12.3. The highest BCUT2D eigenvalue weighted by Gasteiger charge is 2.61. The zero-order chi connectivity index (χ0) is 32.3. The van der Waals surface area contributed by atoms with Gasteiger partial charge in [0.05, 0.1) is 11.6 Å². The topological polar surface area (TPSA) is 62.5 Å². The van der Waals surface area contributed by atoms with Crippen LogP contribution in [0.4, 0.5) is 0 Å². The minimum Gasteiger partial charge on any atom is -0.208 e. The van der Waals surface area contributed by atoms with Crippen molar-refractivity contribution in [2.75, 3.05) is 0 Å². The quantitative estimate of drug-likeness (QED) is 0.191. The smallest absolute Gasteiger partial charge is 0.164 e. The monoisotopic (exact) mass is 648 g/mol. The van der Waals surface area contributed by atoms with Crippen LogP contribution in [-0.2, 0) is 5.41 Å².